The van der Waals surface area contributed by atoms with Crippen LogP contribution in [0.15, 0.2) is 0 Å². The van der Waals surface area contributed by atoms with Gasteiger partial charge in [0.2, 0.25) is 0 Å². The van der Waals surface area contributed by atoms with Crippen LogP contribution in [0.4, 0.5) is 0 Å². The Morgan fingerprint density at radius 1 is 0.906 bits per heavy atom. The summed E-state index contributed by atoms with van der Waals surface area (Å²) >= 11 is 5.63. The van der Waals surface area contributed by atoms with Crippen molar-refractivity contribution in [2.24, 2.45) is 34.5 Å². The minimum absolute atomic E-state index is 0.0149. The van der Waals surface area contributed by atoms with Crippen molar-refractivity contribution in [2.45, 2.75) is 121 Å². The van der Waals surface area contributed by atoms with Crippen molar-refractivity contribution in [2.75, 3.05) is 6.54 Å². The van der Waals surface area contributed by atoms with Gasteiger partial charge in [0.05, 0.1) is 11.7 Å². The van der Waals surface area contributed by atoms with Crippen molar-refractivity contribution in [3.05, 3.63) is 0 Å². The molecule has 0 saturated heterocycles. The third-order valence-electron chi connectivity index (χ3n) is 11.4. The lowest BCUT2D eigenvalue weighted by molar-refractivity contribution is -0.156. The van der Waals surface area contributed by atoms with E-state index in [1.807, 2.05) is 0 Å². The van der Waals surface area contributed by atoms with E-state index in [4.69, 9.17) is 12.2 Å². The first-order chi connectivity index (χ1) is 15.3. The van der Waals surface area contributed by atoms with Crippen LogP contribution in [-0.2, 0) is 0 Å². The van der Waals surface area contributed by atoms with Gasteiger partial charge in [-0.1, -0.05) is 33.1 Å². The number of aliphatic hydroxyl groups excluding tert-OH is 1. The van der Waals surface area contributed by atoms with Gasteiger partial charge < -0.3 is 20.8 Å². The van der Waals surface area contributed by atoms with Crippen LogP contribution < -0.4 is 10.6 Å². The molecule has 5 fully saturated rings. The summed E-state index contributed by atoms with van der Waals surface area (Å²) in [5.74, 6) is 2.84. The lowest BCUT2D eigenvalue weighted by atomic mass is 9.44. The summed E-state index contributed by atoms with van der Waals surface area (Å²) in [6, 6.07) is 0.505. The van der Waals surface area contributed by atoms with Gasteiger partial charge in [0.1, 0.15) is 0 Å². The Bertz CT molecular complexity index is 712. The molecule has 5 heteroatoms. The minimum atomic E-state index is -0.665. The van der Waals surface area contributed by atoms with Gasteiger partial charge >= 0.3 is 0 Å². The second-order valence-corrected chi connectivity index (χ2v) is 13.2. The molecule has 5 saturated carbocycles. The van der Waals surface area contributed by atoms with Crippen LogP contribution in [0.3, 0.4) is 0 Å². The predicted molar refractivity (Wildman–Crippen MR) is 133 cm³/mol. The van der Waals surface area contributed by atoms with Gasteiger partial charge in [-0.05, 0) is 112 Å². The number of aliphatic hydroxyl groups is 2. The molecule has 0 heterocycles. The fraction of sp³-hybridized carbons (Fsp3) is 0.963. The summed E-state index contributed by atoms with van der Waals surface area (Å²) in [5, 5.41) is 29.9. The Labute approximate surface area is 200 Å². The van der Waals surface area contributed by atoms with Gasteiger partial charge in [0.15, 0.2) is 5.11 Å². The molecule has 32 heavy (non-hydrogen) atoms. The van der Waals surface area contributed by atoms with E-state index in [9.17, 15) is 10.2 Å². The van der Waals surface area contributed by atoms with Crippen molar-refractivity contribution in [3.8, 4) is 0 Å². The number of thiocarbonyl (C=S) groups is 1. The lowest BCUT2D eigenvalue weighted by Gasteiger charge is -2.61. The Morgan fingerprint density at radius 2 is 1.66 bits per heavy atom. The Balaban J connectivity index is 1.24. The SMILES string of the molecule is C[C@]12CC[C@H](O)C[C@@H]1CC[C@@H]1[C@@H]2CC[C@@]2(C)[C@H]1CC[C@@]2(O)CNC(=S)NC1CCCCC1. The molecule has 0 aromatic carbocycles. The second kappa shape index (κ2) is 8.68. The predicted octanol–water partition coefficient (Wildman–Crippen LogP) is 4.92. The van der Waals surface area contributed by atoms with Crippen molar-refractivity contribution >= 4 is 17.3 Å². The van der Waals surface area contributed by atoms with Crippen LogP contribution in [0.5, 0.6) is 0 Å². The molecule has 0 aromatic heterocycles. The topological polar surface area (TPSA) is 64.5 Å². The summed E-state index contributed by atoms with van der Waals surface area (Å²) in [5.41, 5.74) is -0.283. The molecule has 5 aliphatic carbocycles. The van der Waals surface area contributed by atoms with E-state index in [0.717, 1.165) is 49.1 Å². The van der Waals surface area contributed by atoms with Gasteiger partial charge in [-0.25, -0.2) is 0 Å². The van der Waals surface area contributed by atoms with E-state index in [1.165, 1.54) is 57.8 Å². The number of hydrogen-bond acceptors (Lipinski definition) is 3. The van der Waals surface area contributed by atoms with E-state index in [-0.39, 0.29) is 11.5 Å². The fourth-order valence-corrected chi connectivity index (χ4v) is 9.58. The van der Waals surface area contributed by atoms with Crippen LogP contribution in [0, 0.1) is 34.5 Å². The highest BCUT2D eigenvalue weighted by molar-refractivity contribution is 7.80. The lowest BCUT2D eigenvalue weighted by Crippen LogP contribution is -2.59. The molecule has 0 amide bonds. The fourth-order valence-electron chi connectivity index (χ4n) is 9.35. The smallest absolute Gasteiger partial charge is 0.166 e. The molecule has 0 bridgehead atoms. The number of nitrogens with one attached hydrogen (secondary N) is 2. The van der Waals surface area contributed by atoms with Gasteiger partial charge in [0, 0.05) is 18.0 Å². The standard InChI is InChI=1S/C27H46N2O2S/c1-25-13-10-20(30)16-18(25)8-9-21-22(25)11-14-26(2)23(21)12-15-27(26,31)17-28-24(32)29-19-6-4-3-5-7-19/h18-23,30-31H,3-17H2,1-2H3,(H2,28,29,32)/t18-,20-,21+,22-,23-,25-,26-,27+/m0/s1. The molecule has 0 aliphatic heterocycles. The quantitative estimate of drug-likeness (QED) is 0.449. The maximum Gasteiger partial charge on any atom is 0.166 e. The van der Waals surface area contributed by atoms with Crippen molar-refractivity contribution < 1.29 is 10.2 Å². The van der Waals surface area contributed by atoms with Crippen molar-refractivity contribution in [3.63, 3.8) is 0 Å². The zero-order chi connectivity index (χ0) is 22.6. The third kappa shape index (κ3) is 3.82. The minimum Gasteiger partial charge on any atom is -0.393 e. The molecule has 0 spiro atoms. The average molecular weight is 463 g/mol. The molecule has 4 nitrogen and oxygen atoms in total. The molecule has 8 atom stereocenters. The van der Waals surface area contributed by atoms with E-state index in [1.54, 1.807) is 0 Å². The summed E-state index contributed by atoms with van der Waals surface area (Å²) in [6.45, 7) is 5.52. The number of hydrogen-bond donors (Lipinski definition) is 4. The van der Waals surface area contributed by atoms with E-state index < -0.39 is 5.60 Å². The van der Waals surface area contributed by atoms with Crippen molar-refractivity contribution in [1.29, 1.82) is 0 Å². The van der Waals surface area contributed by atoms with Gasteiger partial charge in [-0.2, -0.15) is 0 Å². The first kappa shape index (κ1) is 23.4. The molecule has 5 rings (SSSR count). The molecule has 0 aromatic rings. The van der Waals surface area contributed by atoms with Crippen LogP contribution in [0.2, 0.25) is 0 Å². The van der Waals surface area contributed by atoms with Crippen LogP contribution >= 0.6 is 12.2 Å². The molecule has 0 unspecified atom stereocenters. The number of rotatable bonds is 3. The molecule has 5 aliphatic rings. The summed E-state index contributed by atoms with van der Waals surface area (Å²) in [6.07, 6.45) is 16.5. The largest absolute Gasteiger partial charge is 0.393 e. The van der Waals surface area contributed by atoms with Crippen LogP contribution in [-0.4, -0.2) is 39.6 Å². The maximum atomic E-state index is 11.9. The zero-order valence-electron chi connectivity index (χ0n) is 20.4. The first-order valence-electron chi connectivity index (χ1n) is 13.7. The zero-order valence-corrected chi connectivity index (χ0v) is 21.2. The highest BCUT2D eigenvalue weighted by atomic mass is 32.1. The summed E-state index contributed by atoms with van der Waals surface area (Å²) in [7, 11) is 0. The molecule has 182 valence electrons. The molecular weight excluding hydrogens is 416 g/mol. The summed E-state index contributed by atoms with van der Waals surface area (Å²) in [4.78, 5) is 0. The van der Waals surface area contributed by atoms with E-state index >= 15 is 0 Å². The first-order valence-corrected chi connectivity index (χ1v) is 14.1. The Hall–Kier alpha value is -0.390. The van der Waals surface area contributed by atoms with Gasteiger partial charge in [-0.3, -0.25) is 0 Å². The molecule has 4 N–H and O–H groups in total. The number of fused-ring (bicyclic) bond motifs is 5. The Kier molecular flexibility index (Phi) is 6.33. The van der Waals surface area contributed by atoms with Crippen molar-refractivity contribution in [1.82, 2.24) is 10.6 Å². The highest BCUT2D eigenvalue weighted by Crippen LogP contribution is 2.68. The highest BCUT2D eigenvalue weighted by Gasteiger charge is 2.64. The van der Waals surface area contributed by atoms with E-state index in [0.29, 0.717) is 29.8 Å². The average Bonchev–Trinajstić information content (AvgIpc) is 3.05. The van der Waals surface area contributed by atoms with Crippen LogP contribution in [0.1, 0.15) is 104 Å². The third-order valence-corrected chi connectivity index (χ3v) is 11.7. The van der Waals surface area contributed by atoms with Gasteiger partial charge in [0.25, 0.3) is 0 Å². The maximum absolute atomic E-state index is 11.9. The summed E-state index contributed by atoms with van der Waals surface area (Å²) < 4.78 is 0. The van der Waals surface area contributed by atoms with E-state index in [2.05, 4.69) is 24.5 Å². The Morgan fingerprint density at radius 3 is 2.44 bits per heavy atom. The van der Waals surface area contributed by atoms with Gasteiger partial charge in [-0.15, -0.1) is 0 Å². The monoisotopic (exact) mass is 462 g/mol. The molecular formula is C27H46N2O2S. The molecule has 0 radical (unpaired) electrons. The normalized spacial score (nSPS) is 48.9. The second-order valence-electron chi connectivity index (χ2n) is 12.8. The van der Waals surface area contributed by atoms with Crippen LogP contribution in [0.25, 0.3) is 0 Å².